The summed E-state index contributed by atoms with van der Waals surface area (Å²) in [7, 11) is 0. The lowest BCUT2D eigenvalue weighted by Gasteiger charge is -2.14. The molecule has 0 N–H and O–H groups in total. The van der Waals surface area contributed by atoms with Gasteiger partial charge in [-0.1, -0.05) is 12.1 Å². The fraction of sp³-hybridized carbons (Fsp3) is 0.100. The molecule has 9 heteroatoms. The third kappa shape index (κ3) is 3.20. The summed E-state index contributed by atoms with van der Waals surface area (Å²) in [4.78, 5) is 20.1. The van der Waals surface area contributed by atoms with Crippen molar-refractivity contribution in [1.82, 2.24) is 19.7 Å². The zero-order chi connectivity index (χ0) is 20.8. The number of benzene rings is 1. The average molecular weight is 397 g/mol. The third-order valence-electron chi connectivity index (χ3n) is 4.43. The van der Waals surface area contributed by atoms with Crippen LogP contribution in [-0.4, -0.2) is 25.7 Å². The van der Waals surface area contributed by atoms with Gasteiger partial charge in [0.2, 0.25) is 0 Å². The lowest BCUT2D eigenvalue weighted by Crippen LogP contribution is -2.23. The van der Waals surface area contributed by atoms with E-state index >= 15 is 0 Å². The molecule has 6 nitrogen and oxygen atoms in total. The second-order valence-electron chi connectivity index (χ2n) is 6.29. The van der Waals surface area contributed by atoms with E-state index in [-0.39, 0.29) is 33.7 Å². The van der Waals surface area contributed by atoms with Crippen LogP contribution in [0, 0.1) is 6.92 Å². The number of aromatic nitrogens is 4. The summed E-state index contributed by atoms with van der Waals surface area (Å²) in [5.74, 6) is -1.48. The highest BCUT2D eigenvalue weighted by Gasteiger charge is 2.34. The summed E-state index contributed by atoms with van der Waals surface area (Å²) < 4.78 is 41.6. The molecule has 0 fully saturated rings. The zero-order valence-corrected chi connectivity index (χ0v) is 14.9. The van der Waals surface area contributed by atoms with E-state index in [9.17, 15) is 23.1 Å². The number of hydrogen-bond donors (Lipinski definition) is 0. The Morgan fingerprint density at radius 3 is 2.55 bits per heavy atom. The molecule has 3 aromatic heterocycles. The molecule has 0 amide bonds. The largest absolute Gasteiger partial charge is 0.545 e. The highest BCUT2D eigenvalue weighted by Crippen LogP contribution is 2.35. The number of alkyl halides is 3. The Hall–Kier alpha value is -3.75. The lowest BCUT2D eigenvalue weighted by molar-refractivity contribution is -0.254. The van der Waals surface area contributed by atoms with Crippen LogP contribution >= 0.6 is 0 Å². The second-order valence-corrected chi connectivity index (χ2v) is 6.29. The van der Waals surface area contributed by atoms with Crippen molar-refractivity contribution in [2.75, 3.05) is 0 Å². The molecule has 1 aromatic carbocycles. The molecule has 0 radical (unpaired) electrons. The van der Waals surface area contributed by atoms with Crippen molar-refractivity contribution in [3.05, 3.63) is 71.7 Å². The molecule has 0 saturated carbocycles. The molecule has 0 bridgehead atoms. The van der Waals surface area contributed by atoms with Crippen LogP contribution in [0.4, 0.5) is 13.2 Å². The van der Waals surface area contributed by atoms with Crippen LogP contribution < -0.4 is 5.11 Å². The van der Waals surface area contributed by atoms with Crippen molar-refractivity contribution in [3.8, 4) is 16.9 Å². The van der Waals surface area contributed by atoms with Crippen molar-refractivity contribution in [3.63, 3.8) is 0 Å². The maximum Gasteiger partial charge on any atom is 0.418 e. The molecular weight excluding hydrogens is 385 g/mol. The van der Waals surface area contributed by atoms with E-state index in [1.54, 1.807) is 12.1 Å². The summed E-state index contributed by atoms with van der Waals surface area (Å²) in [6.07, 6.45) is -1.61. The van der Waals surface area contributed by atoms with Gasteiger partial charge in [-0.15, -0.1) is 0 Å². The number of nitrogens with zero attached hydrogens (tertiary/aromatic N) is 4. The molecule has 3 heterocycles. The van der Waals surface area contributed by atoms with Gasteiger partial charge in [-0.25, -0.2) is 9.67 Å². The number of rotatable bonds is 3. The Morgan fingerprint density at radius 1 is 1.14 bits per heavy atom. The molecule has 0 saturated heterocycles. The van der Waals surface area contributed by atoms with Gasteiger partial charge in [-0.2, -0.15) is 18.3 Å². The summed E-state index contributed by atoms with van der Waals surface area (Å²) in [5, 5.41) is 16.0. The molecule has 0 aliphatic carbocycles. The SMILES string of the molecule is Cc1nn(-c2ccccc2C(F)(F)F)c2nc(-c3cccnc3)cc(C(=O)[O-])c12. The Labute approximate surface area is 162 Å². The van der Waals surface area contributed by atoms with Crippen LogP contribution in [0.1, 0.15) is 21.6 Å². The van der Waals surface area contributed by atoms with E-state index in [1.165, 1.54) is 43.6 Å². The molecule has 0 spiro atoms. The maximum atomic E-state index is 13.5. The zero-order valence-electron chi connectivity index (χ0n) is 14.9. The minimum absolute atomic E-state index is 0.0141. The van der Waals surface area contributed by atoms with Gasteiger partial charge >= 0.3 is 6.18 Å². The number of halogens is 3. The predicted molar refractivity (Wildman–Crippen MR) is 96.2 cm³/mol. The number of hydrogen-bond acceptors (Lipinski definition) is 5. The van der Waals surface area contributed by atoms with Gasteiger partial charge < -0.3 is 9.90 Å². The number of aromatic carboxylic acids is 1. The highest BCUT2D eigenvalue weighted by atomic mass is 19.4. The van der Waals surface area contributed by atoms with Gasteiger partial charge in [0.1, 0.15) is 0 Å². The standard InChI is InChI=1S/C20H13F3N4O2/c1-11-17-13(19(28)29)9-15(12-5-4-8-24-10-12)25-18(17)27(26-11)16-7-3-2-6-14(16)20(21,22)23/h2-10H,1H3,(H,28,29)/p-1. The molecule has 146 valence electrons. The Bertz CT molecular complexity index is 1230. The first-order valence-corrected chi connectivity index (χ1v) is 8.46. The Morgan fingerprint density at radius 2 is 1.90 bits per heavy atom. The number of carbonyl (C=O) groups excluding carboxylic acids is 1. The van der Waals surface area contributed by atoms with Gasteiger partial charge in [-0.3, -0.25) is 4.98 Å². The van der Waals surface area contributed by atoms with Crippen LogP contribution in [0.15, 0.2) is 54.9 Å². The Kier molecular flexibility index (Phi) is 4.30. The van der Waals surface area contributed by atoms with Crippen LogP contribution in [0.25, 0.3) is 28.0 Å². The summed E-state index contributed by atoms with van der Waals surface area (Å²) in [6, 6.07) is 9.51. The number of para-hydroxylation sites is 1. The quantitative estimate of drug-likeness (QED) is 0.530. The maximum absolute atomic E-state index is 13.5. The van der Waals surface area contributed by atoms with Gasteiger partial charge in [-0.05, 0) is 37.3 Å². The first-order chi connectivity index (χ1) is 13.8. The molecule has 0 aliphatic heterocycles. The molecule has 0 aliphatic rings. The van der Waals surface area contributed by atoms with Crippen molar-refractivity contribution >= 4 is 17.0 Å². The number of pyridine rings is 2. The average Bonchev–Trinajstić information content (AvgIpc) is 3.04. The Balaban J connectivity index is 2.08. The third-order valence-corrected chi connectivity index (χ3v) is 4.43. The first kappa shape index (κ1) is 18.6. The van der Waals surface area contributed by atoms with E-state index in [1.807, 2.05) is 0 Å². The summed E-state index contributed by atoms with van der Waals surface area (Å²) in [5.41, 5.74) is -0.420. The van der Waals surface area contributed by atoms with Gasteiger partial charge in [0.15, 0.2) is 5.65 Å². The van der Waals surface area contributed by atoms with Crippen LogP contribution in [0.5, 0.6) is 0 Å². The number of carboxylic acid groups (broad SMARTS) is 1. The molecule has 4 aromatic rings. The van der Waals surface area contributed by atoms with Gasteiger partial charge in [0, 0.05) is 23.5 Å². The number of aryl methyl sites for hydroxylation is 1. The lowest BCUT2D eigenvalue weighted by atomic mass is 10.1. The molecule has 4 rings (SSSR count). The van der Waals surface area contributed by atoms with Crippen molar-refractivity contribution < 1.29 is 23.1 Å². The molecule has 0 unspecified atom stereocenters. The van der Waals surface area contributed by atoms with Crippen LogP contribution in [-0.2, 0) is 6.18 Å². The van der Waals surface area contributed by atoms with E-state index in [4.69, 9.17) is 0 Å². The van der Waals surface area contributed by atoms with Crippen molar-refractivity contribution in [2.45, 2.75) is 13.1 Å². The second kappa shape index (κ2) is 6.69. The topological polar surface area (TPSA) is 83.7 Å². The highest BCUT2D eigenvalue weighted by molar-refractivity contribution is 6.03. The number of fused-ring (bicyclic) bond motifs is 1. The predicted octanol–water partition coefficient (Wildman–Crippen LogP) is 3.17. The number of carboxylic acids is 1. The summed E-state index contributed by atoms with van der Waals surface area (Å²) >= 11 is 0. The fourth-order valence-corrected chi connectivity index (χ4v) is 3.18. The van der Waals surface area contributed by atoms with Crippen molar-refractivity contribution in [1.29, 1.82) is 0 Å². The molecule has 0 atom stereocenters. The van der Waals surface area contributed by atoms with E-state index in [2.05, 4.69) is 15.1 Å². The van der Waals surface area contributed by atoms with E-state index in [0.29, 0.717) is 5.56 Å². The van der Waals surface area contributed by atoms with E-state index < -0.39 is 17.7 Å². The van der Waals surface area contributed by atoms with Crippen LogP contribution in [0.2, 0.25) is 0 Å². The van der Waals surface area contributed by atoms with E-state index in [0.717, 1.165) is 10.7 Å². The normalized spacial score (nSPS) is 11.7. The van der Waals surface area contributed by atoms with Crippen molar-refractivity contribution in [2.24, 2.45) is 0 Å². The molecular formula is C20H12F3N4O2-. The fourth-order valence-electron chi connectivity index (χ4n) is 3.18. The number of carbonyl (C=O) groups is 1. The summed E-state index contributed by atoms with van der Waals surface area (Å²) in [6.45, 7) is 1.51. The first-order valence-electron chi connectivity index (χ1n) is 8.46. The molecule has 29 heavy (non-hydrogen) atoms. The van der Waals surface area contributed by atoms with Gasteiger partial charge in [0.25, 0.3) is 0 Å². The smallest absolute Gasteiger partial charge is 0.418 e. The van der Waals surface area contributed by atoms with Gasteiger partial charge in [0.05, 0.1) is 34.0 Å². The minimum atomic E-state index is -4.62. The van der Waals surface area contributed by atoms with Crippen LogP contribution in [0.3, 0.4) is 0 Å². The monoisotopic (exact) mass is 397 g/mol. The minimum Gasteiger partial charge on any atom is -0.545 e.